The van der Waals surface area contributed by atoms with Gasteiger partial charge in [0.2, 0.25) is 0 Å². The zero-order valence-electron chi connectivity index (χ0n) is 9.22. The highest BCUT2D eigenvalue weighted by molar-refractivity contribution is 5.41. The minimum absolute atomic E-state index is 0.0165. The lowest BCUT2D eigenvalue weighted by molar-refractivity contribution is 0.266. The lowest BCUT2D eigenvalue weighted by Gasteiger charge is -2.24. The summed E-state index contributed by atoms with van der Waals surface area (Å²) in [6, 6.07) is 11.6. The number of benzene rings is 1. The molecule has 1 rings (SSSR count). The molecule has 0 spiro atoms. The monoisotopic (exact) mass is 214 g/mol. The van der Waals surface area contributed by atoms with Crippen molar-refractivity contribution in [1.82, 2.24) is 4.90 Å². The molecule has 0 aliphatic carbocycles. The van der Waals surface area contributed by atoms with E-state index in [1.54, 1.807) is 4.90 Å². The van der Waals surface area contributed by atoms with E-state index in [4.69, 9.17) is 16.3 Å². The predicted octanol–water partition coefficient (Wildman–Crippen LogP) is 1.68. The van der Waals surface area contributed by atoms with Crippen molar-refractivity contribution in [2.24, 2.45) is 0 Å². The number of rotatable bonds is 4. The molecule has 4 nitrogen and oxygen atoms in total. The number of nitriles is 2. The molecule has 2 N–H and O–H groups in total. The van der Waals surface area contributed by atoms with E-state index in [1.807, 2.05) is 31.2 Å². The molecule has 0 saturated heterocycles. The van der Waals surface area contributed by atoms with Crippen LogP contribution in [0, 0.1) is 22.7 Å². The molecule has 1 unspecified atom stereocenters. The van der Waals surface area contributed by atoms with Gasteiger partial charge < -0.3 is 5.73 Å². The van der Waals surface area contributed by atoms with E-state index in [2.05, 4.69) is 12.1 Å². The van der Waals surface area contributed by atoms with Crippen LogP contribution in [0.25, 0.3) is 0 Å². The molecule has 4 heteroatoms. The highest BCUT2D eigenvalue weighted by Gasteiger charge is 2.14. The lowest BCUT2D eigenvalue weighted by atomic mass is 10.1. The molecule has 0 aliphatic rings. The van der Waals surface area contributed by atoms with Crippen LogP contribution in [-0.4, -0.2) is 18.0 Å². The van der Waals surface area contributed by atoms with Crippen LogP contribution in [0.3, 0.4) is 0 Å². The summed E-state index contributed by atoms with van der Waals surface area (Å²) in [6.07, 6.45) is 0. The molecule has 0 radical (unpaired) electrons. The van der Waals surface area contributed by atoms with Crippen molar-refractivity contribution in [2.75, 3.05) is 18.8 Å². The first-order valence-corrected chi connectivity index (χ1v) is 5.02. The van der Waals surface area contributed by atoms with E-state index in [-0.39, 0.29) is 19.1 Å². The zero-order valence-corrected chi connectivity index (χ0v) is 9.22. The van der Waals surface area contributed by atoms with Crippen molar-refractivity contribution in [3.63, 3.8) is 0 Å². The quantitative estimate of drug-likeness (QED) is 0.611. The maximum absolute atomic E-state index is 8.69. The average Bonchev–Trinajstić information content (AvgIpc) is 2.28. The highest BCUT2D eigenvalue weighted by Crippen LogP contribution is 2.21. The Morgan fingerprint density at radius 2 is 1.94 bits per heavy atom. The molecule has 0 aromatic heterocycles. The fourth-order valence-electron chi connectivity index (χ4n) is 1.54. The Hall–Kier alpha value is -2.04. The van der Waals surface area contributed by atoms with Crippen molar-refractivity contribution in [3.05, 3.63) is 29.8 Å². The number of anilines is 1. The topological polar surface area (TPSA) is 76.8 Å². The summed E-state index contributed by atoms with van der Waals surface area (Å²) in [5.74, 6) is 0. The molecular formula is C12H14N4. The van der Waals surface area contributed by atoms with E-state index in [0.717, 1.165) is 5.56 Å². The van der Waals surface area contributed by atoms with Gasteiger partial charge in [-0.25, -0.2) is 0 Å². The molecule has 0 bridgehead atoms. The third-order valence-electron chi connectivity index (χ3n) is 2.49. The van der Waals surface area contributed by atoms with Gasteiger partial charge in [-0.15, -0.1) is 0 Å². The van der Waals surface area contributed by atoms with Gasteiger partial charge in [-0.3, -0.25) is 4.90 Å². The Balaban J connectivity index is 2.86. The van der Waals surface area contributed by atoms with E-state index >= 15 is 0 Å². The SMILES string of the molecule is CC(c1cccc(N)c1)N(CC#N)CC#N. The molecular weight excluding hydrogens is 200 g/mol. The number of nitrogens with zero attached hydrogens (tertiary/aromatic N) is 3. The predicted molar refractivity (Wildman–Crippen MR) is 62.1 cm³/mol. The van der Waals surface area contributed by atoms with Gasteiger partial charge in [-0.05, 0) is 24.6 Å². The standard InChI is InChI=1S/C12H14N4/c1-10(16(7-5-13)8-6-14)11-3-2-4-12(15)9-11/h2-4,9-10H,7-8,15H2,1H3. The van der Waals surface area contributed by atoms with Crippen molar-refractivity contribution in [2.45, 2.75) is 13.0 Å². The van der Waals surface area contributed by atoms with Gasteiger partial charge >= 0.3 is 0 Å². The van der Waals surface area contributed by atoms with Crippen LogP contribution in [0.1, 0.15) is 18.5 Å². The minimum Gasteiger partial charge on any atom is -0.399 e. The molecule has 1 aromatic carbocycles. The van der Waals surface area contributed by atoms with Crippen LogP contribution >= 0.6 is 0 Å². The van der Waals surface area contributed by atoms with Crippen molar-refractivity contribution >= 4 is 5.69 Å². The summed E-state index contributed by atoms with van der Waals surface area (Å²) in [5, 5.41) is 17.4. The third kappa shape index (κ3) is 2.98. The van der Waals surface area contributed by atoms with Crippen molar-refractivity contribution in [1.29, 1.82) is 10.5 Å². The fourth-order valence-corrected chi connectivity index (χ4v) is 1.54. The number of nitrogens with two attached hydrogens (primary N) is 1. The maximum Gasteiger partial charge on any atom is 0.0879 e. The Labute approximate surface area is 95.5 Å². The van der Waals surface area contributed by atoms with Crippen molar-refractivity contribution < 1.29 is 0 Å². The van der Waals surface area contributed by atoms with Crippen LogP contribution in [0.4, 0.5) is 5.69 Å². The summed E-state index contributed by atoms with van der Waals surface area (Å²) in [5.41, 5.74) is 7.41. The van der Waals surface area contributed by atoms with Gasteiger partial charge in [0.15, 0.2) is 0 Å². The van der Waals surface area contributed by atoms with Gasteiger partial charge in [-0.2, -0.15) is 10.5 Å². The Morgan fingerprint density at radius 1 is 1.31 bits per heavy atom. The van der Waals surface area contributed by atoms with Crippen LogP contribution in [0.2, 0.25) is 0 Å². The van der Waals surface area contributed by atoms with Crippen LogP contribution in [0.5, 0.6) is 0 Å². The molecule has 0 aliphatic heterocycles. The Kier molecular flexibility index (Phi) is 4.32. The second-order valence-electron chi connectivity index (χ2n) is 3.57. The van der Waals surface area contributed by atoms with Crippen molar-refractivity contribution in [3.8, 4) is 12.1 Å². The number of hydrogen-bond acceptors (Lipinski definition) is 4. The Bertz CT molecular complexity index is 411. The zero-order chi connectivity index (χ0) is 12.0. The second-order valence-corrected chi connectivity index (χ2v) is 3.57. The summed E-state index contributed by atoms with van der Waals surface area (Å²) in [7, 11) is 0. The van der Waals surface area contributed by atoms with E-state index in [1.165, 1.54) is 0 Å². The summed E-state index contributed by atoms with van der Waals surface area (Å²) in [6.45, 7) is 2.44. The van der Waals surface area contributed by atoms with Gasteiger partial charge in [0.25, 0.3) is 0 Å². The Morgan fingerprint density at radius 3 is 2.44 bits per heavy atom. The molecule has 0 saturated carbocycles. The third-order valence-corrected chi connectivity index (χ3v) is 2.49. The maximum atomic E-state index is 8.69. The molecule has 0 heterocycles. The molecule has 0 amide bonds. The molecule has 1 aromatic rings. The van der Waals surface area contributed by atoms with Crippen LogP contribution in [0.15, 0.2) is 24.3 Å². The van der Waals surface area contributed by atoms with Gasteiger partial charge in [0.05, 0.1) is 25.2 Å². The normalized spacial score (nSPS) is 11.8. The van der Waals surface area contributed by atoms with Gasteiger partial charge in [0, 0.05) is 11.7 Å². The number of hydrogen-bond donors (Lipinski definition) is 1. The van der Waals surface area contributed by atoms with Crippen LogP contribution in [-0.2, 0) is 0 Å². The van der Waals surface area contributed by atoms with Gasteiger partial charge in [-0.1, -0.05) is 12.1 Å². The van der Waals surface area contributed by atoms with E-state index in [9.17, 15) is 0 Å². The fraction of sp³-hybridized carbons (Fsp3) is 0.333. The highest BCUT2D eigenvalue weighted by atomic mass is 15.1. The smallest absolute Gasteiger partial charge is 0.0879 e. The molecule has 82 valence electrons. The molecule has 0 fully saturated rings. The first kappa shape index (κ1) is 12.0. The molecule has 16 heavy (non-hydrogen) atoms. The first-order valence-electron chi connectivity index (χ1n) is 5.02. The number of nitrogen functional groups attached to an aromatic ring is 1. The van der Waals surface area contributed by atoms with E-state index < -0.39 is 0 Å². The molecule has 1 atom stereocenters. The van der Waals surface area contributed by atoms with Crippen LogP contribution < -0.4 is 5.73 Å². The largest absolute Gasteiger partial charge is 0.399 e. The van der Waals surface area contributed by atoms with Gasteiger partial charge in [0.1, 0.15) is 0 Å². The average molecular weight is 214 g/mol. The lowest BCUT2D eigenvalue weighted by Crippen LogP contribution is -2.27. The summed E-state index contributed by atoms with van der Waals surface area (Å²) < 4.78 is 0. The minimum atomic E-state index is 0.0165. The first-order chi connectivity index (χ1) is 7.69. The van der Waals surface area contributed by atoms with E-state index in [0.29, 0.717) is 5.69 Å². The second kappa shape index (κ2) is 5.75. The summed E-state index contributed by atoms with van der Waals surface area (Å²) in [4.78, 5) is 1.80. The summed E-state index contributed by atoms with van der Waals surface area (Å²) >= 11 is 0.